The number of amides is 2. The van der Waals surface area contributed by atoms with Crippen LogP contribution in [0.1, 0.15) is 32.1 Å². The van der Waals surface area contributed by atoms with Crippen molar-refractivity contribution in [3.8, 4) is 5.75 Å². The third-order valence-electron chi connectivity index (χ3n) is 4.54. The smallest absolute Gasteiger partial charge is 0.321 e. The molecule has 2 aliphatic rings. The number of carbonyl (C=O) groups is 1. The van der Waals surface area contributed by atoms with Crippen LogP contribution in [0, 0.1) is 5.92 Å². The first-order valence-electron chi connectivity index (χ1n) is 8.18. The SMILES string of the molecule is O=C(Nc1ccc(OC2CCCC2)cc1)N1CCC(CO)C1. The van der Waals surface area contributed by atoms with E-state index in [0.29, 0.717) is 19.2 Å². The Morgan fingerprint density at radius 2 is 1.95 bits per heavy atom. The molecule has 1 aromatic rings. The van der Waals surface area contributed by atoms with Gasteiger partial charge in [0.1, 0.15) is 5.75 Å². The molecule has 1 atom stereocenters. The van der Waals surface area contributed by atoms with E-state index >= 15 is 0 Å². The predicted octanol–water partition coefficient (Wildman–Crippen LogP) is 2.85. The second-order valence-corrected chi connectivity index (χ2v) is 6.26. The van der Waals surface area contributed by atoms with Crippen LogP contribution < -0.4 is 10.1 Å². The van der Waals surface area contributed by atoms with Gasteiger partial charge in [0.2, 0.25) is 0 Å². The van der Waals surface area contributed by atoms with Crippen molar-refractivity contribution in [1.82, 2.24) is 4.90 Å². The minimum Gasteiger partial charge on any atom is -0.490 e. The fourth-order valence-electron chi connectivity index (χ4n) is 3.18. The standard InChI is InChI=1S/C17H24N2O3/c20-12-13-9-10-19(11-13)17(21)18-14-5-7-16(8-6-14)22-15-3-1-2-4-15/h5-8,13,15,20H,1-4,9-12H2,(H,18,21). The molecule has 1 saturated heterocycles. The number of anilines is 1. The Balaban J connectivity index is 1.51. The van der Waals surface area contributed by atoms with Crippen molar-refractivity contribution in [3.05, 3.63) is 24.3 Å². The van der Waals surface area contributed by atoms with Gasteiger partial charge in [0.25, 0.3) is 0 Å². The maximum atomic E-state index is 12.1. The molecule has 3 rings (SSSR count). The zero-order chi connectivity index (χ0) is 15.4. The van der Waals surface area contributed by atoms with Crippen molar-refractivity contribution in [1.29, 1.82) is 0 Å². The van der Waals surface area contributed by atoms with Crippen molar-refractivity contribution in [2.75, 3.05) is 25.0 Å². The molecule has 1 aliphatic heterocycles. The van der Waals surface area contributed by atoms with Gasteiger partial charge in [0.05, 0.1) is 6.10 Å². The summed E-state index contributed by atoms with van der Waals surface area (Å²) in [7, 11) is 0. The Morgan fingerprint density at radius 1 is 1.23 bits per heavy atom. The van der Waals surface area contributed by atoms with Gasteiger partial charge in [-0.3, -0.25) is 0 Å². The Hall–Kier alpha value is -1.75. The lowest BCUT2D eigenvalue weighted by atomic mass is 10.1. The average Bonchev–Trinajstić information content (AvgIpc) is 3.20. The third kappa shape index (κ3) is 3.71. The number of nitrogens with one attached hydrogen (secondary N) is 1. The summed E-state index contributed by atoms with van der Waals surface area (Å²) in [6.45, 7) is 1.49. The monoisotopic (exact) mass is 304 g/mol. The number of rotatable bonds is 4. The third-order valence-corrected chi connectivity index (χ3v) is 4.54. The molecule has 22 heavy (non-hydrogen) atoms. The minimum atomic E-state index is -0.0968. The summed E-state index contributed by atoms with van der Waals surface area (Å²) in [6.07, 6.45) is 6.00. The summed E-state index contributed by atoms with van der Waals surface area (Å²) in [6, 6.07) is 7.48. The largest absolute Gasteiger partial charge is 0.490 e. The van der Waals surface area contributed by atoms with Crippen LogP contribution in [0.25, 0.3) is 0 Å². The molecule has 0 aromatic heterocycles. The van der Waals surface area contributed by atoms with Gasteiger partial charge in [0, 0.05) is 31.3 Å². The van der Waals surface area contributed by atoms with Crippen LogP contribution >= 0.6 is 0 Å². The molecule has 5 nitrogen and oxygen atoms in total. The quantitative estimate of drug-likeness (QED) is 0.899. The molecule has 0 radical (unpaired) electrons. The molecule has 5 heteroatoms. The number of aliphatic hydroxyl groups is 1. The number of likely N-dealkylation sites (tertiary alicyclic amines) is 1. The Kier molecular flexibility index (Phi) is 4.83. The lowest BCUT2D eigenvalue weighted by molar-refractivity contribution is 0.208. The molecule has 0 bridgehead atoms. The highest BCUT2D eigenvalue weighted by atomic mass is 16.5. The number of hydrogen-bond donors (Lipinski definition) is 2. The summed E-state index contributed by atoms with van der Waals surface area (Å²) in [5.41, 5.74) is 0.774. The molecule has 2 amide bonds. The molecule has 1 aliphatic carbocycles. The van der Waals surface area contributed by atoms with Crippen molar-refractivity contribution in [2.45, 2.75) is 38.2 Å². The van der Waals surface area contributed by atoms with Crippen molar-refractivity contribution in [2.24, 2.45) is 5.92 Å². The van der Waals surface area contributed by atoms with Crippen LogP contribution in [0.15, 0.2) is 24.3 Å². The second-order valence-electron chi connectivity index (χ2n) is 6.26. The molecule has 1 aromatic carbocycles. The zero-order valence-electron chi connectivity index (χ0n) is 12.8. The minimum absolute atomic E-state index is 0.0968. The van der Waals surface area contributed by atoms with Crippen LogP contribution in [0.5, 0.6) is 5.75 Å². The maximum absolute atomic E-state index is 12.1. The number of urea groups is 1. The highest BCUT2D eigenvalue weighted by Crippen LogP contribution is 2.25. The van der Waals surface area contributed by atoms with E-state index in [2.05, 4.69) is 5.32 Å². The Bertz CT molecular complexity index is 497. The number of ether oxygens (including phenoxy) is 1. The molecule has 2 fully saturated rings. The molecular weight excluding hydrogens is 280 g/mol. The van der Waals surface area contributed by atoms with Crippen molar-refractivity contribution in [3.63, 3.8) is 0 Å². The van der Waals surface area contributed by atoms with E-state index in [-0.39, 0.29) is 18.6 Å². The van der Waals surface area contributed by atoms with Gasteiger partial charge in [-0.2, -0.15) is 0 Å². The first-order valence-corrected chi connectivity index (χ1v) is 8.18. The van der Waals surface area contributed by atoms with Crippen LogP contribution in [0.3, 0.4) is 0 Å². The van der Waals surface area contributed by atoms with Gasteiger partial charge in [-0.15, -0.1) is 0 Å². The number of nitrogens with zero attached hydrogens (tertiary/aromatic N) is 1. The maximum Gasteiger partial charge on any atom is 0.321 e. The lowest BCUT2D eigenvalue weighted by Crippen LogP contribution is -2.33. The van der Waals surface area contributed by atoms with Gasteiger partial charge < -0.3 is 20.1 Å². The van der Waals surface area contributed by atoms with Crippen molar-refractivity contribution >= 4 is 11.7 Å². The molecule has 120 valence electrons. The predicted molar refractivity (Wildman–Crippen MR) is 85.1 cm³/mol. The lowest BCUT2D eigenvalue weighted by Gasteiger charge is -2.17. The number of hydrogen-bond acceptors (Lipinski definition) is 3. The summed E-state index contributed by atoms with van der Waals surface area (Å²) >= 11 is 0. The molecular formula is C17H24N2O3. The van der Waals surface area contributed by atoms with Gasteiger partial charge in [-0.25, -0.2) is 4.79 Å². The number of carbonyl (C=O) groups excluding carboxylic acids is 1. The molecule has 1 unspecified atom stereocenters. The fourth-order valence-corrected chi connectivity index (χ4v) is 3.18. The Labute approximate surface area is 131 Å². The zero-order valence-corrected chi connectivity index (χ0v) is 12.8. The molecule has 1 saturated carbocycles. The topological polar surface area (TPSA) is 61.8 Å². The number of benzene rings is 1. The summed E-state index contributed by atoms with van der Waals surface area (Å²) < 4.78 is 5.91. The van der Waals surface area contributed by atoms with E-state index in [1.165, 1.54) is 12.8 Å². The second kappa shape index (κ2) is 7.01. The van der Waals surface area contributed by atoms with Crippen LogP contribution in [0.4, 0.5) is 10.5 Å². The molecule has 2 N–H and O–H groups in total. The van der Waals surface area contributed by atoms with E-state index < -0.39 is 0 Å². The van der Waals surface area contributed by atoms with E-state index in [9.17, 15) is 4.79 Å². The normalized spacial score (nSPS) is 22.0. The van der Waals surface area contributed by atoms with E-state index in [4.69, 9.17) is 9.84 Å². The Morgan fingerprint density at radius 3 is 2.59 bits per heavy atom. The highest BCUT2D eigenvalue weighted by molar-refractivity contribution is 5.89. The average molecular weight is 304 g/mol. The van der Waals surface area contributed by atoms with Crippen LogP contribution in [0.2, 0.25) is 0 Å². The van der Waals surface area contributed by atoms with E-state index in [0.717, 1.165) is 30.7 Å². The van der Waals surface area contributed by atoms with Gasteiger partial charge >= 0.3 is 6.03 Å². The fraction of sp³-hybridized carbons (Fsp3) is 0.588. The first-order chi connectivity index (χ1) is 10.7. The highest BCUT2D eigenvalue weighted by Gasteiger charge is 2.25. The van der Waals surface area contributed by atoms with Crippen LogP contribution in [-0.4, -0.2) is 41.8 Å². The van der Waals surface area contributed by atoms with Gasteiger partial charge in [-0.05, 0) is 56.4 Å². The van der Waals surface area contributed by atoms with Crippen molar-refractivity contribution < 1.29 is 14.6 Å². The first kappa shape index (κ1) is 15.2. The molecule has 1 heterocycles. The summed E-state index contributed by atoms with van der Waals surface area (Å²) in [5.74, 6) is 1.08. The van der Waals surface area contributed by atoms with E-state index in [1.807, 2.05) is 24.3 Å². The summed E-state index contributed by atoms with van der Waals surface area (Å²) in [5, 5.41) is 12.0. The van der Waals surface area contributed by atoms with Crippen LogP contribution in [-0.2, 0) is 0 Å². The number of aliphatic hydroxyl groups excluding tert-OH is 1. The molecule has 0 spiro atoms. The van der Waals surface area contributed by atoms with Gasteiger partial charge in [-0.1, -0.05) is 0 Å². The van der Waals surface area contributed by atoms with E-state index in [1.54, 1.807) is 4.90 Å². The van der Waals surface area contributed by atoms with Gasteiger partial charge in [0.15, 0.2) is 0 Å². The summed E-state index contributed by atoms with van der Waals surface area (Å²) in [4.78, 5) is 13.9.